The number of halogens is 1. The molecule has 0 aliphatic heterocycles. The van der Waals surface area contributed by atoms with Crippen molar-refractivity contribution < 1.29 is 9.84 Å². The van der Waals surface area contributed by atoms with Crippen LogP contribution in [0.5, 0.6) is 11.5 Å². The van der Waals surface area contributed by atoms with Crippen molar-refractivity contribution in [2.75, 3.05) is 5.32 Å². The molecule has 2 rings (SSSR count). The van der Waals surface area contributed by atoms with Crippen LogP contribution in [-0.2, 0) is 0 Å². The molecule has 1 atom stereocenters. The minimum atomic E-state index is 0.0880. The smallest absolute Gasteiger partial charge is 0.134 e. The van der Waals surface area contributed by atoms with Gasteiger partial charge in [-0.15, -0.1) is 0 Å². The highest BCUT2D eigenvalue weighted by atomic mass is 35.5. The molecule has 0 amide bonds. The average molecular weight is 306 g/mol. The van der Waals surface area contributed by atoms with Crippen molar-refractivity contribution in [2.45, 2.75) is 32.9 Å². The van der Waals surface area contributed by atoms with Crippen molar-refractivity contribution in [1.82, 2.24) is 0 Å². The first-order chi connectivity index (χ1) is 9.95. The molecule has 2 N–H and O–H groups in total. The average Bonchev–Trinajstić information content (AvgIpc) is 2.43. The summed E-state index contributed by atoms with van der Waals surface area (Å²) < 4.78 is 5.63. The number of phenols is 1. The van der Waals surface area contributed by atoms with Crippen LogP contribution in [0.4, 0.5) is 5.69 Å². The zero-order valence-corrected chi connectivity index (χ0v) is 13.2. The Morgan fingerprint density at radius 2 is 1.71 bits per heavy atom. The second-order valence-corrected chi connectivity index (χ2v) is 5.68. The molecule has 3 nitrogen and oxygen atoms in total. The Hall–Kier alpha value is -1.87. The second kappa shape index (κ2) is 6.72. The molecule has 2 aromatic carbocycles. The van der Waals surface area contributed by atoms with Crippen LogP contribution in [0.1, 0.15) is 32.4 Å². The summed E-state index contributed by atoms with van der Waals surface area (Å²) in [4.78, 5) is 0. The molecule has 0 aliphatic rings. The zero-order valence-electron chi connectivity index (χ0n) is 12.4. The fourth-order valence-electron chi connectivity index (χ4n) is 2.04. The number of anilines is 1. The molecule has 0 fully saturated rings. The van der Waals surface area contributed by atoms with Crippen LogP contribution in [0.3, 0.4) is 0 Å². The van der Waals surface area contributed by atoms with E-state index < -0.39 is 0 Å². The molecule has 21 heavy (non-hydrogen) atoms. The van der Waals surface area contributed by atoms with Gasteiger partial charge in [-0.05, 0) is 56.7 Å². The van der Waals surface area contributed by atoms with E-state index in [2.05, 4.69) is 12.2 Å². The molecule has 0 saturated heterocycles. The summed E-state index contributed by atoms with van der Waals surface area (Å²) in [6.07, 6.45) is 0.172. The molecule has 0 radical (unpaired) electrons. The highest BCUT2D eigenvalue weighted by Crippen LogP contribution is 2.28. The summed E-state index contributed by atoms with van der Waals surface area (Å²) in [5.74, 6) is 0.957. The van der Waals surface area contributed by atoms with E-state index >= 15 is 0 Å². The van der Waals surface area contributed by atoms with E-state index in [1.54, 1.807) is 18.2 Å². The van der Waals surface area contributed by atoms with Gasteiger partial charge in [-0.2, -0.15) is 0 Å². The van der Waals surface area contributed by atoms with Gasteiger partial charge in [0.1, 0.15) is 11.5 Å². The lowest BCUT2D eigenvalue weighted by molar-refractivity contribution is 0.242. The first-order valence-corrected chi connectivity index (χ1v) is 7.35. The van der Waals surface area contributed by atoms with Gasteiger partial charge >= 0.3 is 0 Å². The molecule has 0 spiro atoms. The van der Waals surface area contributed by atoms with Crippen molar-refractivity contribution >= 4 is 17.3 Å². The van der Waals surface area contributed by atoms with Crippen LogP contribution >= 0.6 is 11.6 Å². The van der Waals surface area contributed by atoms with Crippen molar-refractivity contribution in [1.29, 1.82) is 0 Å². The summed E-state index contributed by atoms with van der Waals surface area (Å²) in [5.41, 5.74) is 2.02. The minimum absolute atomic E-state index is 0.0880. The van der Waals surface area contributed by atoms with E-state index in [1.165, 1.54) is 0 Å². The summed E-state index contributed by atoms with van der Waals surface area (Å²) in [5, 5.41) is 13.1. The Balaban J connectivity index is 2.05. The number of benzene rings is 2. The highest BCUT2D eigenvalue weighted by molar-refractivity contribution is 6.32. The standard InChI is InChI=1S/C17H20ClNO2/c1-11(2)21-15-7-4-13(5-8-15)12(3)19-14-6-9-17(20)16(18)10-14/h4-12,19-20H,1-3H3. The fraction of sp³-hybridized carbons (Fsp3) is 0.294. The van der Waals surface area contributed by atoms with E-state index in [0.29, 0.717) is 5.02 Å². The Morgan fingerprint density at radius 3 is 2.29 bits per heavy atom. The van der Waals surface area contributed by atoms with Crippen molar-refractivity contribution in [3.8, 4) is 11.5 Å². The van der Waals surface area contributed by atoms with Gasteiger partial charge < -0.3 is 15.2 Å². The molecule has 0 heterocycles. The van der Waals surface area contributed by atoms with E-state index in [9.17, 15) is 5.11 Å². The van der Waals surface area contributed by atoms with Crippen molar-refractivity contribution in [3.05, 3.63) is 53.1 Å². The zero-order chi connectivity index (χ0) is 15.4. The number of rotatable bonds is 5. The van der Waals surface area contributed by atoms with E-state index in [1.807, 2.05) is 38.1 Å². The van der Waals surface area contributed by atoms with Crippen LogP contribution in [0.25, 0.3) is 0 Å². The molecule has 1 unspecified atom stereocenters. The van der Waals surface area contributed by atoms with Gasteiger partial charge in [-0.25, -0.2) is 0 Å². The molecular formula is C17H20ClNO2. The van der Waals surface area contributed by atoms with Gasteiger partial charge in [0.05, 0.1) is 11.1 Å². The SMILES string of the molecule is CC(C)Oc1ccc(C(C)Nc2ccc(O)c(Cl)c2)cc1. The Bertz CT molecular complexity index is 596. The lowest BCUT2D eigenvalue weighted by Gasteiger charge is -2.17. The third-order valence-electron chi connectivity index (χ3n) is 3.08. The molecule has 0 bridgehead atoms. The molecule has 0 aliphatic carbocycles. The number of aromatic hydroxyl groups is 1. The lowest BCUT2D eigenvalue weighted by atomic mass is 10.1. The van der Waals surface area contributed by atoms with E-state index in [4.69, 9.17) is 16.3 Å². The highest BCUT2D eigenvalue weighted by Gasteiger charge is 2.07. The third-order valence-corrected chi connectivity index (χ3v) is 3.39. The minimum Gasteiger partial charge on any atom is -0.506 e. The van der Waals surface area contributed by atoms with Crippen molar-refractivity contribution in [2.24, 2.45) is 0 Å². The molecule has 0 saturated carbocycles. The van der Waals surface area contributed by atoms with E-state index in [0.717, 1.165) is 17.0 Å². The van der Waals surface area contributed by atoms with Crippen LogP contribution in [0.15, 0.2) is 42.5 Å². The topological polar surface area (TPSA) is 41.5 Å². The van der Waals surface area contributed by atoms with Gasteiger partial charge in [-0.1, -0.05) is 23.7 Å². The van der Waals surface area contributed by atoms with Crippen LogP contribution in [-0.4, -0.2) is 11.2 Å². The number of hydrogen-bond acceptors (Lipinski definition) is 3. The summed E-state index contributed by atoms with van der Waals surface area (Å²) >= 11 is 5.91. The Morgan fingerprint density at radius 1 is 1.05 bits per heavy atom. The number of phenolic OH excluding ortho intramolecular Hbond substituents is 1. The van der Waals surface area contributed by atoms with E-state index in [-0.39, 0.29) is 17.9 Å². The van der Waals surface area contributed by atoms with Gasteiger partial charge in [0, 0.05) is 11.7 Å². The predicted molar refractivity (Wildman–Crippen MR) is 87.4 cm³/mol. The van der Waals surface area contributed by atoms with Crippen LogP contribution in [0, 0.1) is 0 Å². The maximum absolute atomic E-state index is 9.42. The molecule has 112 valence electrons. The fourth-order valence-corrected chi connectivity index (χ4v) is 2.22. The van der Waals surface area contributed by atoms with Gasteiger partial charge in [0.15, 0.2) is 0 Å². The quantitative estimate of drug-likeness (QED) is 0.763. The number of hydrogen-bond donors (Lipinski definition) is 2. The molecular weight excluding hydrogens is 286 g/mol. The summed E-state index contributed by atoms with van der Waals surface area (Å²) in [6, 6.07) is 13.2. The maximum atomic E-state index is 9.42. The van der Waals surface area contributed by atoms with Gasteiger partial charge in [0.2, 0.25) is 0 Å². The number of ether oxygens (including phenoxy) is 1. The lowest BCUT2D eigenvalue weighted by Crippen LogP contribution is -2.08. The Kier molecular flexibility index (Phi) is 4.97. The maximum Gasteiger partial charge on any atom is 0.134 e. The molecule has 4 heteroatoms. The summed E-state index contributed by atoms with van der Waals surface area (Å²) in [7, 11) is 0. The third kappa shape index (κ3) is 4.30. The van der Waals surface area contributed by atoms with Gasteiger partial charge in [0.25, 0.3) is 0 Å². The first-order valence-electron chi connectivity index (χ1n) is 6.97. The Labute approximate surface area is 130 Å². The molecule has 2 aromatic rings. The van der Waals surface area contributed by atoms with Crippen LogP contribution < -0.4 is 10.1 Å². The second-order valence-electron chi connectivity index (χ2n) is 5.27. The summed E-state index contributed by atoms with van der Waals surface area (Å²) in [6.45, 7) is 6.08. The van der Waals surface area contributed by atoms with Gasteiger partial charge in [-0.3, -0.25) is 0 Å². The van der Waals surface area contributed by atoms with Crippen LogP contribution in [0.2, 0.25) is 5.02 Å². The first kappa shape index (κ1) is 15.5. The normalized spacial score (nSPS) is 12.2. The predicted octanol–water partition coefficient (Wildman–Crippen LogP) is 5.01. The largest absolute Gasteiger partial charge is 0.506 e. The molecule has 0 aromatic heterocycles. The van der Waals surface area contributed by atoms with Crippen molar-refractivity contribution in [3.63, 3.8) is 0 Å². The monoisotopic (exact) mass is 305 g/mol. The number of nitrogens with one attached hydrogen (secondary N) is 1.